The lowest BCUT2D eigenvalue weighted by Crippen LogP contribution is -2.56. The smallest absolute Gasteiger partial charge is 0.310 e. The molecule has 0 spiro atoms. The number of carboxylic acid groups (broad SMARTS) is 1. The first-order valence-electron chi connectivity index (χ1n) is 7.11. The fourth-order valence-electron chi connectivity index (χ4n) is 3.92. The third-order valence-corrected chi connectivity index (χ3v) is 5.42. The molecule has 3 aliphatic rings. The summed E-state index contributed by atoms with van der Waals surface area (Å²) in [6.07, 6.45) is 5.13. The molecule has 0 bridgehead atoms. The number of rotatable bonds is 3. The van der Waals surface area contributed by atoms with E-state index in [1.165, 1.54) is 29.5 Å². The molecule has 3 nitrogen and oxygen atoms in total. The number of benzene rings is 1. The zero-order valence-corrected chi connectivity index (χ0v) is 10.9. The van der Waals surface area contributed by atoms with Gasteiger partial charge in [0.25, 0.3) is 0 Å². The number of carboxylic acids is 1. The molecule has 1 saturated heterocycles. The molecule has 0 unspecified atom stereocenters. The molecule has 1 aromatic rings. The van der Waals surface area contributed by atoms with Crippen molar-refractivity contribution in [1.29, 1.82) is 0 Å². The van der Waals surface area contributed by atoms with Crippen molar-refractivity contribution < 1.29 is 14.6 Å². The number of ether oxygens (including phenoxy) is 1. The van der Waals surface area contributed by atoms with Crippen molar-refractivity contribution in [2.45, 2.75) is 37.5 Å². The average molecular weight is 258 g/mol. The molecule has 0 radical (unpaired) electrons. The van der Waals surface area contributed by atoms with E-state index in [2.05, 4.69) is 18.2 Å². The summed E-state index contributed by atoms with van der Waals surface area (Å²) in [4.78, 5) is 11.7. The summed E-state index contributed by atoms with van der Waals surface area (Å²) in [7, 11) is 0. The van der Waals surface area contributed by atoms with Crippen LogP contribution in [0.15, 0.2) is 18.2 Å². The minimum Gasteiger partial charge on any atom is -0.481 e. The van der Waals surface area contributed by atoms with Crippen LogP contribution in [0.2, 0.25) is 0 Å². The molecule has 1 aromatic carbocycles. The third-order valence-electron chi connectivity index (χ3n) is 5.42. The summed E-state index contributed by atoms with van der Waals surface area (Å²) in [5.74, 6) is -0.642. The van der Waals surface area contributed by atoms with E-state index in [0.717, 1.165) is 19.3 Å². The van der Waals surface area contributed by atoms with Crippen molar-refractivity contribution in [3.8, 4) is 0 Å². The number of aryl methyl sites for hydroxylation is 2. The molecular formula is C16H18O3. The van der Waals surface area contributed by atoms with E-state index < -0.39 is 11.4 Å². The van der Waals surface area contributed by atoms with Crippen molar-refractivity contribution in [3.63, 3.8) is 0 Å². The normalized spacial score (nSPS) is 25.5. The van der Waals surface area contributed by atoms with Gasteiger partial charge < -0.3 is 9.84 Å². The Balaban J connectivity index is 1.79. The van der Waals surface area contributed by atoms with Gasteiger partial charge in [-0.15, -0.1) is 0 Å². The maximum atomic E-state index is 11.7. The van der Waals surface area contributed by atoms with Gasteiger partial charge in [0.15, 0.2) is 0 Å². The molecule has 1 saturated carbocycles. The Kier molecular flexibility index (Phi) is 2.17. The fourth-order valence-corrected chi connectivity index (χ4v) is 3.92. The molecule has 19 heavy (non-hydrogen) atoms. The van der Waals surface area contributed by atoms with Crippen LogP contribution >= 0.6 is 0 Å². The Morgan fingerprint density at radius 1 is 1.16 bits per heavy atom. The van der Waals surface area contributed by atoms with Crippen LogP contribution in [0.5, 0.6) is 0 Å². The summed E-state index contributed by atoms with van der Waals surface area (Å²) in [6.45, 7) is 1.14. The zero-order valence-electron chi connectivity index (χ0n) is 10.9. The van der Waals surface area contributed by atoms with E-state index in [4.69, 9.17) is 4.74 Å². The van der Waals surface area contributed by atoms with Gasteiger partial charge in [-0.2, -0.15) is 0 Å². The first-order chi connectivity index (χ1) is 9.18. The number of fused-ring (bicyclic) bond motifs is 1. The predicted molar refractivity (Wildman–Crippen MR) is 70.3 cm³/mol. The number of hydrogen-bond acceptors (Lipinski definition) is 2. The lowest BCUT2D eigenvalue weighted by Gasteiger charge is -2.46. The molecule has 1 aliphatic heterocycles. The van der Waals surface area contributed by atoms with Gasteiger partial charge in [0.2, 0.25) is 0 Å². The van der Waals surface area contributed by atoms with Crippen molar-refractivity contribution in [1.82, 2.24) is 0 Å². The Morgan fingerprint density at radius 3 is 2.47 bits per heavy atom. The maximum absolute atomic E-state index is 11.7. The van der Waals surface area contributed by atoms with Gasteiger partial charge in [-0.3, -0.25) is 4.79 Å². The molecule has 0 atom stereocenters. The van der Waals surface area contributed by atoms with Crippen molar-refractivity contribution in [3.05, 3.63) is 34.9 Å². The van der Waals surface area contributed by atoms with Crippen LogP contribution in [0.3, 0.4) is 0 Å². The van der Waals surface area contributed by atoms with Gasteiger partial charge in [0, 0.05) is 0 Å². The van der Waals surface area contributed by atoms with Gasteiger partial charge in [0.1, 0.15) is 0 Å². The van der Waals surface area contributed by atoms with Crippen LogP contribution in [-0.4, -0.2) is 24.3 Å². The van der Waals surface area contributed by atoms with E-state index in [1.54, 1.807) is 0 Å². The molecule has 4 rings (SSSR count). The van der Waals surface area contributed by atoms with Crippen LogP contribution in [0.4, 0.5) is 0 Å². The second-order valence-corrected chi connectivity index (χ2v) is 6.30. The molecular weight excluding hydrogens is 240 g/mol. The minimum absolute atomic E-state index is 0.267. The molecule has 3 heteroatoms. The second-order valence-electron chi connectivity index (χ2n) is 6.30. The molecule has 1 heterocycles. The monoisotopic (exact) mass is 258 g/mol. The van der Waals surface area contributed by atoms with Gasteiger partial charge in [0.05, 0.1) is 24.0 Å². The standard InChI is InChI=1S/C16H18O3/c17-14(18)15(6-7-15)16(9-19-10-16)13-5-4-11-2-1-3-12(11)8-13/h4-5,8H,1-3,6-7,9-10H2,(H,17,18). The lowest BCUT2D eigenvalue weighted by molar-refractivity contribution is -0.161. The van der Waals surface area contributed by atoms with Gasteiger partial charge in [-0.25, -0.2) is 0 Å². The minimum atomic E-state index is -0.642. The largest absolute Gasteiger partial charge is 0.481 e. The molecule has 0 aromatic heterocycles. The Bertz CT molecular complexity index is 553. The van der Waals surface area contributed by atoms with E-state index in [0.29, 0.717) is 13.2 Å². The molecule has 2 aliphatic carbocycles. The second kappa shape index (κ2) is 3.60. The summed E-state index contributed by atoms with van der Waals surface area (Å²) < 4.78 is 5.43. The van der Waals surface area contributed by atoms with Crippen molar-refractivity contribution >= 4 is 5.97 Å². The van der Waals surface area contributed by atoms with Crippen LogP contribution in [0.1, 0.15) is 36.0 Å². The van der Waals surface area contributed by atoms with Crippen LogP contribution in [0, 0.1) is 5.41 Å². The highest BCUT2D eigenvalue weighted by molar-refractivity contribution is 5.81. The van der Waals surface area contributed by atoms with Crippen LogP contribution < -0.4 is 0 Å². The van der Waals surface area contributed by atoms with Gasteiger partial charge in [-0.1, -0.05) is 18.2 Å². The highest BCUT2D eigenvalue weighted by Crippen LogP contribution is 2.62. The highest BCUT2D eigenvalue weighted by atomic mass is 16.5. The number of aliphatic carboxylic acids is 1. The first-order valence-corrected chi connectivity index (χ1v) is 7.11. The average Bonchev–Trinajstić information content (AvgIpc) is 3.01. The quantitative estimate of drug-likeness (QED) is 0.905. The molecule has 100 valence electrons. The first kappa shape index (κ1) is 11.5. The van der Waals surface area contributed by atoms with Gasteiger partial charge >= 0.3 is 5.97 Å². The molecule has 0 amide bonds. The summed E-state index contributed by atoms with van der Waals surface area (Å²) >= 11 is 0. The van der Waals surface area contributed by atoms with Crippen molar-refractivity contribution in [2.24, 2.45) is 5.41 Å². The third kappa shape index (κ3) is 1.34. The van der Waals surface area contributed by atoms with E-state index in [9.17, 15) is 9.90 Å². The topological polar surface area (TPSA) is 46.5 Å². The summed E-state index contributed by atoms with van der Waals surface area (Å²) in [6, 6.07) is 6.61. The Labute approximate surface area is 112 Å². The van der Waals surface area contributed by atoms with Crippen molar-refractivity contribution in [2.75, 3.05) is 13.2 Å². The lowest BCUT2D eigenvalue weighted by atomic mass is 9.65. The maximum Gasteiger partial charge on any atom is 0.310 e. The predicted octanol–water partition coefficient (Wildman–Crippen LogP) is 2.31. The van der Waals surface area contributed by atoms with E-state index in [1.807, 2.05) is 0 Å². The summed E-state index contributed by atoms with van der Waals surface area (Å²) in [5, 5.41) is 9.60. The number of hydrogen-bond donors (Lipinski definition) is 1. The SMILES string of the molecule is O=C(O)C1(C2(c3ccc4c(c3)CCC4)COC2)CC1. The highest BCUT2D eigenvalue weighted by Gasteiger charge is 2.68. The Morgan fingerprint density at radius 2 is 1.89 bits per heavy atom. The van der Waals surface area contributed by atoms with E-state index >= 15 is 0 Å². The molecule has 1 N–H and O–H groups in total. The van der Waals surface area contributed by atoms with E-state index in [-0.39, 0.29) is 5.41 Å². The Hall–Kier alpha value is -1.35. The molecule has 2 fully saturated rings. The summed E-state index contributed by atoms with van der Waals surface area (Å²) in [5.41, 5.74) is 3.23. The zero-order chi connectivity index (χ0) is 13.1. The van der Waals surface area contributed by atoms with Crippen LogP contribution in [0.25, 0.3) is 0 Å². The number of carbonyl (C=O) groups is 1. The van der Waals surface area contributed by atoms with Gasteiger partial charge in [-0.05, 0) is 48.8 Å². The van der Waals surface area contributed by atoms with Crippen LogP contribution in [-0.2, 0) is 27.8 Å². The fraction of sp³-hybridized carbons (Fsp3) is 0.562.